The fourth-order valence-electron chi connectivity index (χ4n) is 4.29. The highest BCUT2D eigenvalue weighted by atomic mass is 16.4. The molecule has 2 N–H and O–H groups in total. The van der Waals surface area contributed by atoms with Crippen LogP contribution in [0.4, 0.5) is 10.5 Å². The van der Waals surface area contributed by atoms with E-state index >= 15 is 0 Å². The molecule has 8 heteroatoms. The van der Waals surface area contributed by atoms with E-state index in [-0.39, 0.29) is 10.8 Å². The van der Waals surface area contributed by atoms with E-state index in [1.807, 2.05) is 25.4 Å². The summed E-state index contributed by atoms with van der Waals surface area (Å²) in [5, 5.41) is 20.7. The fraction of sp³-hybridized carbons (Fsp3) is 0.391. The van der Waals surface area contributed by atoms with Crippen LogP contribution >= 0.6 is 0 Å². The third kappa shape index (κ3) is 4.52. The smallest absolute Gasteiger partial charge is 0.409 e. The number of carboxylic acid groups (broad SMARTS) is 1. The van der Waals surface area contributed by atoms with Crippen molar-refractivity contribution in [2.45, 2.75) is 51.9 Å². The molecule has 1 amide bonds. The van der Waals surface area contributed by atoms with Crippen molar-refractivity contribution in [1.29, 1.82) is 0 Å². The maximum atomic E-state index is 12.6. The van der Waals surface area contributed by atoms with E-state index in [2.05, 4.69) is 36.3 Å². The van der Waals surface area contributed by atoms with Crippen LogP contribution < -0.4 is 10.7 Å². The van der Waals surface area contributed by atoms with Gasteiger partial charge < -0.3 is 5.11 Å². The highest BCUT2D eigenvalue weighted by molar-refractivity contribution is 5.85. The van der Waals surface area contributed by atoms with Crippen molar-refractivity contribution in [2.24, 2.45) is 7.05 Å². The first kappa shape index (κ1) is 22.3. The molecule has 0 spiro atoms. The molecular weight excluding hydrogens is 394 g/mol. The number of aromatic nitrogens is 4. The molecule has 2 aromatic heterocycles. The first-order valence-electron chi connectivity index (χ1n) is 10.5. The maximum absolute atomic E-state index is 12.6. The second-order valence-electron chi connectivity index (χ2n) is 7.73. The molecule has 0 bridgehead atoms. The van der Waals surface area contributed by atoms with Gasteiger partial charge in [0, 0.05) is 31.4 Å². The summed E-state index contributed by atoms with van der Waals surface area (Å²) in [5.41, 5.74) is 3.23. The van der Waals surface area contributed by atoms with Gasteiger partial charge >= 0.3 is 6.09 Å². The number of hydrogen-bond acceptors (Lipinski definition) is 4. The Morgan fingerprint density at radius 3 is 2.45 bits per heavy atom. The average Bonchev–Trinajstić information content (AvgIpc) is 3.18. The van der Waals surface area contributed by atoms with Crippen molar-refractivity contribution in [3.8, 4) is 5.69 Å². The van der Waals surface area contributed by atoms with Crippen molar-refractivity contribution in [1.82, 2.24) is 19.6 Å². The van der Waals surface area contributed by atoms with Gasteiger partial charge in [0.1, 0.15) is 11.4 Å². The monoisotopic (exact) mass is 423 g/mol. The van der Waals surface area contributed by atoms with Crippen molar-refractivity contribution in [2.75, 3.05) is 5.32 Å². The zero-order valence-electron chi connectivity index (χ0n) is 18.4. The third-order valence-electron chi connectivity index (χ3n) is 6.15. The molecule has 0 fully saturated rings. The van der Waals surface area contributed by atoms with E-state index in [9.17, 15) is 14.7 Å². The van der Waals surface area contributed by atoms with Gasteiger partial charge in [-0.15, -0.1) is 0 Å². The standard InChI is InChI=1S/C23H29N5O3/c1-5-23(6-2,7-3)21-16(9-8-10-18(21)25-22(30)31)13-19-20(29)11-12-28(26-19)17-14-24-27(4)15-17/h8-12,14-15,25H,5-7,13H2,1-4H3,(H,30,31). The van der Waals surface area contributed by atoms with E-state index in [1.54, 1.807) is 27.8 Å². The van der Waals surface area contributed by atoms with Crippen LogP contribution in [0.3, 0.4) is 0 Å². The highest BCUT2D eigenvalue weighted by Gasteiger charge is 2.32. The minimum atomic E-state index is -1.10. The predicted octanol–water partition coefficient (Wildman–Crippen LogP) is 4.11. The Bertz CT molecular complexity index is 1120. The molecule has 2 heterocycles. The molecule has 3 aromatic rings. The molecule has 8 nitrogen and oxygen atoms in total. The summed E-state index contributed by atoms with van der Waals surface area (Å²) in [6, 6.07) is 7.06. The minimum Gasteiger partial charge on any atom is -0.465 e. The lowest BCUT2D eigenvalue weighted by molar-refractivity contribution is 0.209. The van der Waals surface area contributed by atoms with Crippen molar-refractivity contribution in [3.05, 3.63) is 69.9 Å². The van der Waals surface area contributed by atoms with Crippen LogP contribution in [0.2, 0.25) is 0 Å². The number of carbonyl (C=O) groups is 1. The normalized spacial score (nSPS) is 11.5. The lowest BCUT2D eigenvalue weighted by atomic mass is 9.70. The number of nitrogens with zero attached hydrogens (tertiary/aromatic N) is 4. The van der Waals surface area contributed by atoms with E-state index in [1.165, 1.54) is 6.07 Å². The van der Waals surface area contributed by atoms with Gasteiger partial charge in [0.05, 0.1) is 12.4 Å². The fourth-order valence-corrected chi connectivity index (χ4v) is 4.29. The van der Waals surface area contributed by atoms with Gasteiger partial charge in [-0.05, 0) is 41.9 Å². The van der Waals surface area contributed by atoms with Crippen LogP contribution in [0.1, 0.15) is 56.9 Å². The second-order valence-corrected chi connectivity index (χ2v) is 7.73. The molecule has 0 saturated carbocycles. The van der Waals surface area contributed by atoms with Crippen LogP contribution in [0, 0.1) is 0 Å². The second kappa shape index (κ2) is 9.16. The SMILES string of the molecule is CCC(CC)(CC)c1c(Cc2nn(-c3cnn(C)c3)ccc2=O)cccc1NC(=O)O. The Hall–Kier alpha value is -3.42. The van der Waals surface area contributed by atoms with Gasteiger partial charge in [0.15, 0.2) is 0 Å². The Kier molecular flexibility index (Phi) is 6.58. The Morgan fingerprint density at radius 2 is 1.87 bits per heavy atom. The number of hydrogen-bond donors (Lipinski definition) is 2. The molecule has 0 atom stereocenters. The van der Waals surface area contributed by atoms with Crippen molar-refractivity contribution < 1.29 is 9.90 Å². The number of aryl methyl sites for hydroxylation is 1. The number of nitrogens with one attached hydrogen (secondary N) is 1. The van der Waals surface area contributed by atoms with Crippen LogP contribution in [0.5, 0.6) is 0 Å². The zero-order chi connectivity index (χ0) is 22.6. The topological polar surface area (TPSA) is 102 Å². The zero-order valence-corrected chi connectivity index (χ0v) is 18.4. The number of benzene rings is 1. The predicted molar refractivity (Wildman–Crippen MR) is 120 cm³/mol. The summed E-state index contributed by atoms with van der Waals surface area (Å²) in [6.45, 7) is 6.35. The molecule has 1 aromatic carbocycles. The van der Waals surface area contributed by atoms with Gasteiger partial charge in [-0.25, -0.2) is 9.48 Å². The molecule has 0 radical (unpaired) electrons. The molecule has 0 saturated heterocycles. The van der Waals surface area contributed by atoms with Crippen molar-refractivity contribution in [3.63, 3.8) is 0 Å². The third-order valence-corrected chi connectivity index (χ3v) is 6.15. The molecule has 0 aliphatic carbocycles. The average molecular weight is 424 g/mol. The summed E-state index contributed by atoms with van der Waals surface area (Å²) < 4.78 is 3.31. The van der Waals surface area contributed by atoms with E-state index in [0.29, 0.717) is 17.8 Å². The lowest BCUT2D eigenvalue weighted by Gasteiger charge is -2.35. The highest BCUT2D eigenvalue weighted by Crippen LogP contribution is 2.41. The largest absolute Gasteiger partial charge is 0.465 e. The molecular formula is C23H29N5O3. The first-order chi connectivity index (χ1) is 14.8. The molecule has 0 aliphatic heterocycles. The molecule has 3 rings (SSSR count). The van der Waals surface area contributed by atoms with Gasteiger partial charge in [-0.2, -0.15) is 10.2 Å². The van der Waals surface area contributed by atoms with E-state index < -0.39 is 6.09 Å². The summed E-state index contributed by atoms with van der Waals surface area (Å²) in [5.74, 6) is 0. The summed E-state index contributed by atoms with van der Waals surface area (Å²) >= 11 is 0. The van der Waals surface area contributed by atoms with E-state index in [4.69, 9.17) is 0 Å². The van der Waals surface area contributed by atoms with Gasteiger partial charge in [0.2, 0.25) is 5.43 Å². The quantitative estimate of drug-likeness (QED) is 0.568. The van der Waals surface area contributed by atoms with Crippen LogP contribution in [0.15, 0.2) is 47.7 Å². The molecule has 0 aliphatic rings. The molecule has 31 heavy (non-hydrogen) atoms. The van der Waals surface area contributed by atoms with Gasteiger partial charge in [-0.1, -0.05) is 32.9 Å². The number of rotatable bonds is 8. The summed E-state index contributed by atoms with van der Waals surface area (Å²) in [7, 11) is 1.82. The van der Waals surface area contributed by atoms with E-state index in [0.717, 1.165) is 36.1 Å². The van der Waals surface area contributed by atoms with Gasteiger partial charge in [-0.3, -0.25) is 14.8 Å². The maximum Gasteiger partial charge on any atom is 0.409 e. The summed E-state index contributed by atoms with van der Waals surface area (Å²) in [6.07, 6.45) is 6.90. The summed E-state index contributed by atoms with van der Waals surface area (Å²) in [4.78, 5) is 24.1. The first-order valence-corrected chi connectivity index (χ1v) is 10.5. The van der Waals surface area contributed by atoms with Crippen molar-refractivity contribution >= 4 is 11.8 Å². The Labute approximate surface area is 181 Å². The van der Waals surface area contributed by atoms with Crippen LogP contribution in [-0.2, 0) is 18.9 Å². The van der Waals surface area contributed by atoms with Crippen LogP contribution in [0.25, 0.3) is 5.69 Å². The minimum absolute atomic E-state index is 0.155. The number of amides is 1. The van der Waals surface area contributed by atoms with Gasteiger partial charge in [0.25, 0.3) is 0 Å². The van der Waals surface area contributed by atoms with Crippen LogP contribution in [-0.4, -0.2) is 30.8 Å². The Balaban J connectivity index is 2.13. The number of anilines is 1. The molecule has 0 unspecified atom stereocenters. The Morgan fingerprint density at radius 1 is 1.16 bits per heavy atom. The molecule has 164 valence electrons. The lowest BCUT2D eigenvalue weighted by Crippen LogP contribution is -2.28.